The van der Waals surface area contributed by atoms with E-state index in [1.54, 1.807) is 0 Å². The van der Waals surface area contributed by atoms with Crippen LogP contribution in [0.2, 0.25) is 0 Å². The number of aliphatic hydroxyl groups is 4. The van der Waals surface area contributed by atoms with Crippen LogP contribution in [0.5, 0.6) is 17.2 Å². The normalized spacial score (nSPS) is 25.5. The van der Waals surface area contributed by atoms with E-state index < -0.39 is 48.8 Å². The zero-order valence-corrected chi connectivity index (χ0v) is 17.8. The van der Waals surface area contributed by atoms with E-state index in [2.05, 4.69) is 0 Å². The van der Waals surface area contributed by atoms with E-state index in [0.717, 1.165) is 17.2 Å². The van der Waals surface area contributed by atoms with Crippen molar-refractivity contribution in [1.82, 2.24) is 0 Å². The number of phenolic OH excluding ortho intramolecular Hbond substituents is 2. The van der Waals surface area contributed by atoms with Gasteiger partial charge in [-0.2, -0.15) is 0 Å². The topological polar surface area (TPSA) is 157 Å². The number of aromatic hydroxyl groups is 2. The maximum Gasteiger partial charge on any atom is 0.229 e. The summed E-state index contributed by atoms with van der Waals surface area (Å²) in [5, 5.41) is 60.1. The molecule has 1 heterocycles. The molecular formula is C23H28O9. The molecule has 0 amide bonds. The minimum absolute atomic E-state index is 0.0336. The van der Waals surface area contributed by atoms with E-state index in [9.17, 15) is 35.4 Å². The number of benzene rings is 2. The number of ketones is 1. The Morgan fingerprint density at radius 1 is 1.03 bits per heavy atom. The molecule has 1 aliphatic heterocycles. The molecule has 5 unspecified atom stereocenters. The lowest BCUT2D eigenvalue weighted by Crippen LogP contribution is -2.60. The van der Waals surface area contributed by atoms with Crippen LogP contribution in [-0.4, -0.2) is 73.7 Å². The molecule has 3 rings (SSSR count). The highest BCUT2D eigenvalue weighted by Crippen LogP contribution is 2.39. The van der Waals surface area contributed by atoms with Gasteiger partial charge in [-0.15, -0.1) is 0 Å². The van der Waals surface area contributed by atoms with E-state index in [4.69, 9.17) is 9.47 Å². The van der Waals surface area contributed by atoms with Gasteiger partial charge in [0, 0.05) is 18.1 Å². The number of hydrogen-bond acceptors (Lipinski definition) is 9. The van der Waals surface area contributed by atoms with Crippen molar-refractivity contribution in [2.45, 2.75) is 57.4 Å². The Bertz CT molecular complexity index is 955. The summed E-state index contributed by atoms with van der Waals surface area (Å²) in [5.41, 5.74) is 1.88. The van der Waals surface area contributed by atoms with Crippen molar-refractivity contribution in [2.24, 2.45) is 0 Å². The highest BCUT2D eigenvalue weighted by Gasteiger charge is 2.45. The van der Waals surface area contributed by atoms with Crippen LogP contribution in [0.3, 0.4) is 0 Å². The van der Waals surface area contributed by atoms with E-state index in [0.29, 0.717) is 6.42 Å². The summed E-state index contributed by atoms with van der Waals surface area (Å²) in [7, 11) is 0. The number of rotatable bonds is 7. The van der Waals surface area contributed by atoms with Crippen molar-refractivity contribution in [3.05, 3.63) is 52.6 Å². The molecule has 1 fully saturated rings. The molecule has 9 nitrogen and oxygen atoms in total. The summed E-state index contributed by atoms with van der Waals surface area (Å²) in [6.07, 6.45) is -7.33. The molecule has 174 valence electrons. The predicted molar refractivity (Wildman–Crippen MR) is 113 cm³/mol. The minimum Gasteiger partial charge on any atom is -0.507 e. The number of carbonyl (C=O) groups is 1. The zero-order valence-electron chi connectivity index (χ0n) is 17.8. The quantitative estimate of drug-likeness (QED) is 0.336. The average molecular weight is 448 g/mol. The van der Waals surface area contributed by atoms with Crippen LogP contribution in [0.25, 0.3) is 0 Å². The smallest absolute Gasteiger partial charge is 0.229 e. The van der Waals surface area contributed by atoms with Gasteiger partial charge < -0.3 is 40.1 Å². The molecule has 0 radical (unpaired) electrons. The van der Waals surface area contributed by atoms with Crippen LogP contribution in [0.15, 0.2) is 30.3 Å². The first-order valence-corrected chi connectivity index (χ1v) is 10.3. The third kappa shape index (κ3) is 4.87. The van der Waals surface area contributed by atoms with Gasteiger partial charge in [0.25, 0.3) is 0 Å². The highest BCUT2D eigenvalue weighted by atomic mass is 16.7. The third-order valence-corrected chi connectivity index (χ3v) is 5.62. The van der Waals surface area contributed by atoms with Gasteiger partial charge in [-0.1, -0.05) is 29.8 Å². The van der Waals surface area contributed by atoms with Gasteiger partial charge in [0.2, 0.25) is 6.29 Å². The Morgan fingerprint density at radius 2 is 1.69 bits per heavy atom. The first-order valence-electron chi connectivity index (χ1n) is 10.3. The van der Waals surface area contributed by atoms with Crippen LogP contribution in [0.1, 0.15) is 33.5 Å². The molecule has 0 spiro atoms. The Kier molecular flexibility index (Phi) is 7.37. The second kappa shape index (κ2) is 9.85. The molecule has 32 heavy (non-hydrogen) atoms. The molecule has 0 aliphatic carbocycles. The molecule has 0 bridgehead atoms. The molecule has 0 aromatic heterocycles. The lowest BCUT2D eigenvalue weighted by atomic mass is 9.97. The molecule has 2 aromatic rings. The fourth-order valence-electron chi connectivity index (χ4n) is 3.52. The summed E-state index contributed by atoms with van der Waals surface area (Å²) in [4.78, 5) is 13.0. The van der Waals surface area contributed by atoms with E-state index in [-0.39, 0.29) is 29.0 Å². The van der Waals surface area contributed by atoms with Gasteiger partial charge in [0.15, 0.2) is 5.78 Å². The highest BCUT2D eigenvalue weighted by molar-refractivity contribution is 6.02. The Morgan fingerprint density at radius 3 is 2.31 bits per heavy atom. The van der Waals surface area contributed by atoms with E-state index >= 15 is 0 Å². The van der Waals surface area contributed by atoms with Gasteiger partial charge in [-0.3, -0.25) is 4.79 Å². The standard InChI is InChI=1S/C23H28O9/c1-11-3-5-13(6-4-11)7-8-14(25)18-16(9-15(26)12(2)19(18)27)31-23-22(30)21(29)20(28)17(10-24)32-23/h3-6,9,17,20-24,26-30H,7-8,10H2,1-2H3. The first-order chi connectivity index (χ1) is 15.1. The average Bonchev–Trinajstić information content (AvgIpc) is 2.77. The van der Waals surface area contributed by atoms with Crippen molar-refractivity contribution in [3.8, 4) is 17.2 Å². The third-order valence-electron chi connectivity index (χ3n) is 5.62. The van der Waals surface area contributed by atoms with Gasteiger partial charge in [-0.25, -0.2) is 0 Å². The maximum atomic E-state index is 13.0. The van der Waals surface area contributed by atoms with Crippen molar-refractivity contribution in [1.29, 1.82) is 0 Å². The van der Waals surface area contributed by atoms with Crippen molar-refractivity contribution in [3.63, 3.8) is 0 Å². The summed E-state index contributed by atoms with van der Waals surface area (Å²) >= 11 is 0. The summed E-state index contributed by atoms with van der Waals surface area (Å²) in [6, 6.07) is 8.76. The lowest BCUT2D eigenvalue weighted by molar-refractivity contribution is -0.277. The van der Waals surface area contributed by atoms with Crippen LogP contribution < -0.4 is 4.74 Å². The maximum absolute atomic E-state index is 13.0. The van der Waals surface area contributed by atoms with Crippen molar-refractivity contribution >= 4 is 5.78 Å². The fraction of sp³-hybridized carbons (Fsp3) is 0.435. The monoisotopic (exact) mass is 448 g/mol. The van der Waals surface area contributed by atoms with Crippen LogP contribution in [0, 0.1) is 13.8 Å². The Balaban J connectivity index is 1.87. The molecule has 6 N–H and O–H groups in total. The zero-order chi connectivity index (χ0) is 23.6. The minimum atomic E-state index is -1.71. The molecule has 2 aromatic carbocycles. The number of phenols is 2. The molecule has 9 heteroatoms. The molecule has 5 atom stereocenters. The molecule has 0 saturated carbocycles. The van der Waals surface area contributed by atoms with Gasteiger partial charge in [-0.05, 0) is 25.8 Å². The van der Waals surface area contributed by atoms with Crippen LogP contribution in [-0.2, 0) is 11.2 Å². The Hall–Kier alpha value is -2.69. The number of carbonyl (C=O) groups excluding carboxylic acids is 1. The number of aryl methyl sites for hydroxylation is 2. The van der Waals surface area contributed by atoms with Crippen LogP contribution >= 0.6 is 0 Å². The summed E-state index contributed by atoms with van der Waals surface area (Å²) in [6.45, 7) is 2.73. The van der Waals surface area contributed by atoms with Crippen molar-refractivity contribution < 1.29 is 44.9 Å². The number of ether oxygens (including phenoxy) is 2. The number of Topliss-reactive ketones (excluding diaryl/α,β-unsaturated/α-hetero) is 1. The SMILES string of the molecule is Cc1ccc(CCC(=O)c2c(OC3OC(CO)C(O)C(O)C3O)cc(O)c(C)c2O)cc1. The van der Waals surface area contributed by atoms with E-state index in [1.165, 1.54) is 6.92 Å². The van der Waals surface area contributed by atoms with E-state index in [1.807, 2.05) is 31.2 Å². The second-order valence-electron chi connectivity index (χ2n) is 7.97. The summed E-state index contributed by atoms with van der Waals surface area (Å²) < 4.78 is 10.9. The molecule has 1 saturated heterocycles. The fourth-order valence-corrected chi connectivity index (χ4v) is 3.52. The lowest BCUT2D eigenvalue weighted by Gasteiger charge is -2.39. The second-order valence-corrected chi connectivity index (χ2v) is 7.97. The molecular weight excluding hydrogens is 420 g/mol. The van der Waals surface area contributed by atoms with Gasteiger partial charge in [0.05, 0.1) is 6.61 Å². The molecule has 1 aliphatic rings. The first kappa shape index (κ1) is 24.0. The van der Waals surface area contributed by atoms with Gasteiger partial charge in [0.1, 0.15) is 47.2 Å². The van der Waals surface area contributed by atoms with Crippen LogP contribution in [0.4, 0.5) is 0 Å². The number of hydrogen-bond donors (Lipinski definition) is 6. The summed E-state index contributed by atoms with van der Waals surface area (Å²) in [5.74, 6) is -1.55. The van der Waals surface area contributed by atoms with Crippen molar-refractivity contribution in [2.75, 3.05) is 6.61 Å². The largest absolute Gasteiger partial charge is 0.507 e. The van der Waals surface area contributed by atoms with Gasteiger partial charge >= 0.3 is 0 Å². The number of aliphatic hydroxyl groups excluding tert-OH is 4. The Labute approximate surface area is 185 Å². The predicted octanol–water partition coefficient (Wildman–Crippen LogP) is 0.709.